The number of β-lactam (4-membered cyclic amide) rings is 1. The molecule has 2 saturated heterocycles. The van der Waals surface area contributed by atoms with Crippen molar-refractivity contribution in [1.29, 1.82) is 5.26 Å². The first-order valence-electron chi connectivity index (χ1n) is 10.1. The molecule has 0 radical (unpaired) electrons. The smallest absolute Gasteiger partial charge is 0.411 e. The predicted octanol–water partition coefficient (Wildman–Crippen LogP) is 2.26. The topological polar surface area (TPSA) is 117 Å². The van der Waals surface area contributed by atoms with Gasteiger partial charge in [0.2, 0.25) is 5.91 Å². The van der Waals surface area contributed by atoms with Crippen molar-refractivity contribution in [3.63, 3.8) is 0 Å². The highest BCUT2D eigenvalue weighted by atomic mass is 32.1. The van der Waals surface area contributed by atoms with Gasteiger partial charge in [-0.3, -0.25) is 14.5 Å². The van der Waals surface area contributed by atoms with Crippen LogP contribution >= 0.6 is 12.6 Å². The van der Waals surface area contributed by atoms with Crippen LogP contribution in [-0.2, 0) is 14.3 Å². The van der Waals surface area contributed by atoms with E-state index in [1.807, 2.05) is 30.3 Å². The number of thiol groups is 1. The molecule has 0 aromatic heterocycles. The molecular weight excluding hydrogens is 416 g/mol. The van der Waals surface area contributed by atoms with E-state index in [1.54, 1.807) is 27.7 Å². The Hall–Kier alpha value is -2.73. The Balaban J connectivity index is 2.11. The van der Waals surface area contributed by atoms with Gasteiger partial charge in [-0.25, -0.2) is 4.79 Å². The minimum atomic E-state index is -1.29. The number of nitriles is 1. The molecule has 3 unspecified atom stereocenters. The van der Waals surface area contributed by atoms with Crippen LogP contribution in [0.2, 0.25) is 0 Å². The number of amides is 3. The van der Waals surface area contributed by atoms with Gasteiger partial charge in [0, 0.05) is 12.2 Å². The van der Waals surface area contributed by atoms with Crippen LogP contribution < -0.4 is 5.73 Å². The first-order chi connectivity index (χ1) is 14.4. The molecule has 9 heteroatoms. The lowest BCUT2D eigenvalue weighted by molar-refractivity contribution is -0.167. The summed E-state index contributed by atoms with van der Waals surface area (Å²) in [7, 11) is 0. The van der Waals surface area contributed by atoms with Crippen molar-refractivity contribution in [2.75, 3.05) is 12.3 Å². The number of nitrogens with zero attached hydrogens (tertiary/aromatic N) is 3. The maximum Gasteiger partial charge on any atom is 0.411 e. The number of likely N-dealkylation sites (tertiary alicyclic amines) is 2. The number of hydrogen-bond donors (Lipinski definition) is 2. The molecule has 31 heavy (non-hydrogen) atoms. The van der Waals surface area contributed by atoms with Gasteiger partial charge in [-0.1, -0.05) is 30.3 Å². The first-order valence-corrected chi connectivity index (χ1v) is 10.7. The molecule has 0 saturated carbocycles. The highest BCUT2D eigenvalue weighted by molar-refractivity contribution is 7.80. The standard InChI is InChI=1S/C22H28N4O4S/c1-20(2,3)30-19(29)26-16(14-8-6-5-7-9-14)21(4,12-23)11-22(26)13-25(18(22)28)15(10-31)17(24)27/h5-9,15-16,31H,10-11,13H2,1-4H3,(H2,24,27)/t15-,16?,21?,22?/m0/s1. The van der Waals surface area contributed by atoms with Gasteiger partial charge in [-0.05, 0) is 33.3 Å². The van der Waals surface area contributed by atoms with E-state index in [2.05, 4.69) is 18.7 Å². The van der Waals surface area contributed by atoms with Crippen molar-refractivity contribution in [1.82, 2.24) is 9.80 Å². The number of primary amides is 1. The van der Waals surface area contributed by atoms with E-state index in [0.717, 1.165) is 5.56 Å². The third-order valence-corrected chi connectivity index (χ3v) is 6.26. The second-order valence-corrected chi connectivity index (χ2v) is 9.80. The van der Waals surface area contributed by atoms with Gasteiger partial charge in [0.05, 0.1) is 24.1 Å². The zero-order valence-corrected chi connectivity index (χ0v) is 19.1. The van der Waals surface area contributed by atoms with E-state index < -0.39 is 46.5 Å². The lowest BCUT2D eigenvalue weighted by Crippen LogP contribution is -2.76. The molecule has 4 atom stereocenters. The van der Waals surface area contributed by atoms with Gasteiger partial charge < -0.3 is 15.4 Å². The Labute approximate surface area is 187 Å². The molecule has 0 aliphatic carbocycles. The zero-order chi connectivity index (χ0) is 23.2. The summed E-state index contributed by atoms with van der Waals surface area (Å²) in [6, 6.07) is 9.91. The van der Waals surface area contributed by atoms with Crippen molar-refractivity contribution < 1.29 is 19.1 Å². The van der Waals surface area contributed by atoms with Crippen LogP contribution in [0, 0.1) is 16.7 Å². The van der Waals surface area contributed by atoms with E-state index >= 15 is 0 Å². The average Bonchev–Trinajstić information content (AvgIpc) is 2.99. The fraction of sp³-hybridized carbons (Fsp3) is 0.545. The Morgan fingerprint density at radius 3 is 2.42 bits per heavy atom. The highest BCUT2D eigenvalue weighted by Crippen LogP contribution is 2.58. The normalized spacial score (nSPS) is 28.8. The quantitative estimate of drug-likeness (QED) is 0.546. The van der Waals surface area contributed by atoms with Crippen LogP contribution in [0.3, 0.4) is 0 Å². The summed E-state index contributed by atoms with van der Waals surface area (Å²) in [5, 5.41) is 10.1. The molecule has 3 rings (SSSR count). The number of carbonyl (C=O) groups is 3. The van der Waals surface area contributed by atoms with E-state index in [-0.39, 0.29) is 18.7 Å². The zero-order valence-electron chi connectivity index (χ0n) is 18.2. The van der Waals surface area contributed by atoms with Gasteiger partial charge in [0.15, 0.2) is 0 Å². The van der Waals surface area contributed by atoms with Crippen LogP contribution in [0.15, 0.2) is 30.3 Å². The van der Waals surface area contributed by atoms with E-state index in [0.29, 0.717) is 0 Å². The maximum absolute atomic E-state index is 13.5. The molecule has 2 fully saturated rings. The second-order valence-electron chi connectivity index (χ2n) is 9.43. The predicted molar refractivity (Wildman–Crippen MR) is 117 cm³/mol. The van der Waals surface area contributed by atoms with E-state index in [9.17, 15) is 19.6 Å². The number of rotatable bonds is 4. The summed E-state index contributed by atoms with van der Waals surface area (Å²) < 4.78 is 5.66. The SMILES string of the molecule is CC(C)(C)OC(=O)N1C(c2ccccc2)C(C)(C#N)CC12CN([C@@H](CS)C(N)=O)C2=O. The second kappa shape index (κ2) is 7.75. The average molecular weight is 445 g/mol. The molecule has 8 nitrogen and oxygen atoms in total. The third kappa shape index (κ3) is 3.74. The molecule has 0 bridgehead atoms. The van der Waals surface area contributed by atoms with Gasteiger partial charge in [0.25, 0.3) is 5.91 Å². The van der Waals surface area contributed by atoms with E-state index in [1.165, 1.54) is 9.80 Å². The fourth-order valence-electron chi connectivity index (χ4n) is 4.67. The lowest BCUT2D eigenvalue weighted by atomic mass is 9.74. The van der Waals surface area contributed by atoms with Crippen LogP contribution in [0.1, 0.15) is 45.7 Å². The molecule has 1 aromatic carbocycles. The van der Waals surface area contributed by atoms with Crippen molar-refractivity contribution in [2.24, 2.45) is 11.1 Å². The molecule has 2 aliphatic rings. The number of benzene rings is 1. The van der Waals surface area contributed by atoms with Gasteiger partial charge >= 0.3 is 6.09 Å². The summed E-state index contributed by atoms with van der Waals surface area (Å²) in [6.45, 7) is 7.06. The molecule has 166 valence electrons. The summed E-state index contributed by atoms with van der Waals surface area (Å²) in [4.78, 5) is 41.4. The highest BCUT2D eigenvalue weighted by Gasteiger charge is 2.71. The van der Waals surface area contributed by atoms with E-state index in [4.69, 9.17) is 10.5 Å². The molecule has 1 spiro atoms. The third-order valence-electron chi connectivity index (χ3n) is 5.91. The largest absolute Gasteiger partial charge is 0.444 e. The number of hydrogen-bond acceptors (Lipinski definition) is 6. The first kappa shape index (κ1) is 22.9. The fourth-order valence-corrected chi connectivity index (χ4v) is 5.04. The van der Waals surface area contributed by atoms with Gasteiger partial charge in [-0.2, -0.15) is 17.9 Å². The Morgan fingerprint density at radius 2 is 1.97 bits per heavy atom. The lowest BCUT2D eigenvalue weighted by Gasteiger charge is -2.53. The van der Waals surface area contributed by atoms with Crippen LogP contribution in [0.5, 0.6) is 0 Å². The molecule has 2 N–H and O–H groups in total. The summed E-state index contributed by atoms with van der Waals surface area (Å²) in [5.74, 6) is -1.01. The van der Waals surface area contributed by atoms with Gasteiger partial charge in [-0.15, -0.1) is 0 Å². The van der Waals surface area contributed by atoms with Crippen molar-refractivity contribution >= 4 is 30.5 Å². The number of nitrogens with two attached hydrogens (primary N) is 1. The minimum Gasteiger partial charge on any atom is -0.444 e. The monoisotopic (exact) mass is 444 g/mol. The molecule has 2 heterocycles. The Kier molecular flexibility index (Phi) is 5.74. The number of ether oxygens (including phenoxy) is 1. The number of carbonyl (C=O) groups excluding carboxylic acids is 3. The van der Waals surface area contributed by atoms with Crippen molar-refractivity contribution in [3.8, 4) is 6.07 Å². The minimum absolute atomic E-state index is 0.0707. The van der Waals surface area contributed by atoms with Crippen LogP contribution in [0.25, 0.3) is 0 Å². The Morgan fingerprint density at radius 1 is 1.35 bits per heavy atom. The molecule has 3 amide bonds. The molecule has 1 aromatic rings. The molecule has 2 aliphatic heterocycles. The molecular formula is C22H28N4O4S. The van der Waals surface area contributed by atoms with Crippen molar-refractivity contribution in [3.05, 3.63) is 35.9 Å². The Bertz CT molecular complexity index is 941. The van der Waals surface area contributed by atoms with Gasteiger partial charge in [0.1, 0.15) is 17.2 Å². The van der Waals surface area contributed by atoms with Crippen LogP contribution in [-0.4, -0.2) is 57.2 Å². The summed E-state index contributed by atoms with van der Waals surface area (Å²) in [5.41, 5.74) is 3.06. The van der Waals surface area contributed by atoms with Crippen molar-refractivity contribution in [2.45, 2.75) is 57.3 Å². The summed E-state index contributed by atoms with van der Waals surface area (Å²) >= 11 is 4.15. The summed E-state index contributed by atoms with van der Waals surface area (Å²) in [6.07, 6.45) is -0.544. The van der Waals surface area contributed by atoms with Crippen LogP contribution in [0.4, 0.5) is 4.79 Å². The maximum atomic E-state index is 13.5.